The molecule has 5 rings (SSSR count). The molecule has 0 aliphatic heterocycles. The minimum atomic E-state index is -0.586. The second-order valence-electron chi connectivity index (χ2n) is 8.97. The highest BCUT2D eigenvalue weighted by Gasteiger charge is 2.45. The van der Waals surface area contributed by atoms with Crippen molar-refractivity contribution in [1.29, 1.82) is 0 Å². The van der Waals surface area contributed by atoms with E-state index in [0.717, 1.165) is 36.1 Å². The molecule has 3 aromatic carbocycles. The van der Waals surface area contributed by atoms with Gasteiger partial charge in [0.25, 0.3) is 0 Å². The number of allylic oxidation sites excluding steroid dienone is 3. The largest absolute Gasteiger partial charge is 0.411 e. The van der Waals surface area contributed by atoms with Crippen LogP contribution in [0.3, 0.4) is 0 Å². The summed E-state index contributed by atoms with van der Waals surface area (Å²) in [5.74, 6) is -0.682. The predicted molar refractivity (Wildman–Crippen MR) is 137 cm³/mol. The van der Waals surface area contributed by atoms with Crippen molar-refractivity contribution >= 4 is 23.4 Å². The number of hydrogen-bond donors (Lipinski definition) is 2. The van der Waals surface area contributed by atoms with Crippen LogP contribution in [-0.2, 0) is 4.79 Å². The van der Waals surface area contributed by atoms with Crippen molar-refractivity contribution in [1.82, 2.24) is 0 Å². The van der Waals surface area contributed by atoms with E-state index in [1.165, 1.54) is 11.1 Å². The van der Waals surface area contributed by atoms with Gasteiger partial charge in [-0.25, -0.2) is 0 Å². The van der Waals surface area contributed by atoms with Gasteiger partial charge in [0, 0.05) is 11.6 Å². The Kier molecular flexibility index (Phi) is 6.39. The molecular formula is C30H28N2O2. The fourth-order valence-corrected chi connectivity index (χ4v) is 5.42. The number of carbonyl (C=O) groups excluding carboxylic acids is 1. The zero-order chi connectivity index (χ0) is 23.3. The van der Waals surface area contributed by atoms with Crippen LogP contribution in [0.15, 0.2) is 113 Å². The first-order valence-corrected chi connectivity index (χ1v) is 11.8. The third kappa shape index (κ3) is 4.44. The van der Waals surface area contributed by atoms with E-state index in [1.807, 2.05) is 72.8 Å². The van der Waals surface area contributed by atoms with Crippen molar-refractivity contribution in [3.05, 3.63) is 119 Å². The molecule has 4 nitrogen and oxygen atoms in total. The van der Waals surface area contributed by atoms with Crippen LogP contribution in [0.25, 0.3) is 6.08 Å². The van der Waals surface area contributed by atoms with E-state index >= 15 is 0 Å². The fraction of sp³-hybridized carbons (Fsp3) is 0.200. The molecule has 1 fully saturated rings. The maximum atomic E-state index is 13.6. The van der Waals surface area contributed by atoms with Gasteiger partial charge in [0.1, 0.15) is 0 Å². The molecule has 170 valence electrons. The van der Waals surface area contributed by atoms with E-state index in [4.69, 9.17) is 0 Å². The summed E-state index contributed by atoms with van der Waals surface area (Å²) in [4.78, 5) is 13.6. The van der Waals surface area contributed by atoms with Gasteiger partial charge in [0.05, 0.1) is 11.6 Å². The second kappa shape index (κ2) is 9.92. The lowest BCUT2D eigenvalue weighted by molar-refractivity contribution is -0.119. The molecule has 0 radical (unpaired) electrons. The first-order chi connectivity index (χ1) is 16.7. The van der Waals surface area contributed by atoms with Crippen molar-refractivity contribution < 1.29 is 10.0 Å². The summed E-state index contributed by atoms with van der Waals surface area (Å²) in [6.07, 6.45) is 7.21. The molecule has 2 N–H and O–H groups in total. The minimum Gasteiger partial charge on any atom is -0.411 e. The van der Waals surface area contributed by atoms with Crippen LogP contribution in [0.4, 0.5) is 5.69 Å². The Morgan fingerprint density at radius 1 is 0.912 bits per heavy atom. The van der Waals surface area contributed by atoms with Gasteiger partial charge in [-0.3, -0.25) is 4.79 Å². The number of anilines is 1. The molecule has 0 bridgehead atoms. The Bertz CT molecular complexity index is 1230. The van der Waals surface area contributed by atoms with Crippen LogP contribution >= 0.6 is 0 Å². The lowest BCUT2D eigenvalue weighted by Crippen LogP contribution is -2.41. The molecule has 3 unspecified atom stereocenters. The zero-order valence-electron chi connectivity index (χ0n) is 19.0. The number of oxime groups is 1. The molecule has 1 saturated carbocycles. The number of para-hydroxylation sites is 1. The van der Waals surface area contributed by atoms with Gasteiger partial charge >= 0.3 is 0 Å². The van der Waals surface area contributed by atoms with Gasteiger partial charge in [-0.15, -0.1) is 0 Å². The van der Waals surface area contributed by atoms with Crippen LogP contribution in [0.5, 0.6) is 0 Å². The van der Waals surface area contributed by atoms with Crippen LogP contribution in [0.1, 0.15) is 36.3 Å². The fourth-order valence-electron chi connectivity index (χ4n) is 5.42. The summed E-state index contributed by atoms with van der Waals surface area (Å²) >= 11 is 0. The summed E-state index contributed by atoms with van der Waals surface area (Å²) in [6.45, 7) is 0. The minimum absolute atomic E-state index is 0.115. The third-order valence-corrected chi connectivity index (χ3v) is 6.91. The zero-order valence-corrected chi connectivity index (χ0v) is 19.0. The number of nitrogens with zero attached hydrogens (tertiary/aromatic N) is 1. The molecule has 4 heteroatoms. The smallest absolute Gasteiger partial charge is 0.234 e. The monoisotopic (exact) mass is 448 g/mol. The molecule has 3 atom stereocenters. The van der Waals surface area contributed by atoms with E-state index in [2.05, 4.69) is 40.8 Å². The molecule has 2 aliphatic rings. The number of carbonyl (C=O) groups is 1. The molecule has 2 aliphatic carbocycles. The number of hydrogen-bond acceptors (Lipinski definition) is 3. The van der Waals surface area contributed by atoms with Gasteiger partial charge < -0.3 is 10.5 Å². The quantitative estimate of drug-likeness (QED) is 0.345. The summed E-state index contributed by atoms with van der Waals surface area (Å²) < 4.78 is 0. The van der Waals surface area contributed by atoms with Crippen molar-refractivity contribution in [3.8, 4) is 0 Å². The van der Waals surface area contributed by atoms with Crippen molar-refractivity contribution in [3.63, 3.8) is 0 Å². The lowest BCUT2D eigenvalue weighted by Gasteiger charge is -2.41. The Morgan fingerprint density at radius 3 is 2.24 bits per heavy atom. The summed E-state index contributed by atoms with van der Waals surface area (Å²) in [5.41, 5.74) is 5.83. The first-order valence-electron chi connectivity index (χ1n) is 11.8. The highest BCUT2D eigenvalue weighted by Crippen LogP contribution is 2.49. The van der Waals surface area contributed by atoms with Crippen LogP contribution in [0.2, 0.25) is 0 Å². The molecule has 3 aromatic rings. The average molecular weight is 449 g/mol. The summed E-state index contributed by atoms with van der Waals surface area (Å²) in [7, 11) is 0. The highest BCUT2D eigenvalue weighted by molar-refractivity contribution is 6.15. The van der Waals surface area contributed by atoms with Crippen LogP contribution in [-0.4, -0.2) is 16.8 Å². The third-order valence-electron chi connectivity index (χ3n) is 6.91. The van der Waals surface area contributed by atoms with Crippen molar-refractivity contribution in [2.45, 2.75) is 25.2 Å². The van der Waals surface area contributed by atoms with Gasteiger partial charge in [0.2, 0.25) is 5.91 Å². The number of nitrogens with one attached hydrogen (secondary N) is 1. The lowest BCUT2D eigenvalue weighted by atomic mass is 9.62. The van der Waals surface area contributed by atoms with E-state index in [9.17, 15) is 10.0 Å². The normalized spacial score (nSPS) is 24.4. The van der Waals surface area contributed by atoms with Gasteiger partial charge in [-0.2, -0.15) is 0 Å². The molecule has 0 aromatic heterocycles. The summed E-state index contributed by atoms with van der Waals surface area (Å²) in [6, 6.07) is 29.9. The van der Waals surface area contributed by atoms with Crippen molar-refractivity contribution in [2.24, 2.45) is 17.0 Å². The van der Waals surface area contributed by atoms with Crippen molar-refractivity contribution in [2.75, 3.05) is 5.32 Å². The van der Waals surface area contributed by atoms with E-state index in [1.54, 1.807) is 0 Å². The van der Waals surface area contributed by atoms with E-state index in [0.29, 0.717) is 5.71 Å². The Morgan fingerprint density at radius 2 is 1.56 bits per heavy atom. The Balaban J connectivity index is 1.59. The molecule has 1 amide bonds. The summed E-state index contributed by atoms with van der Waals surface area (Å²) in [5, 5.41) is 16.8. The average Bonchev–Trinajstić information content (AvgIpc) is 2.89. The number of rotatable bonds is 4. The molecule has 0 saturated heterocycles. The second-order valence-corrected chi connectivity index (χ2v) is 8.97. The molecular weight excluding hydrogens is 420 g/mol. The SMILES string of the molecule is O=C(Nc1ccccc1)C1/C(=N\O)C=C2/C(=C\c3ccccc3)CCCC2C1c1ccccc1. The highest BCUT2D eigenvalue weighted by atomic mass is 16.4. The van der Waals surface area contributed by atoms with Crippen LogP contribution in [0, 0.1) is 11.8 Å². The first kappa shape index (κ1) is 21.9. The topological polar surface area (TPSA) is 61.7 Å². The van der Waals surface area contributed by atoms with E-state index in [-0.39, 0.29) is 17.7 Å². The maximum absolute atomic E-state index is 13.6. The number of fused-ring (bicyclic) bond motifs is 1. The Hall–Kier alpha value is -3.92. The standard InChI is InChI=1S/C30H28N2O2/c33-30(31-24-16-8-3-9-17-24)29-27(32-34)20-26-23(19-21-11-4-1-5-12-21)15-10-18-25(26)28(29)22-13-6-2-7-14-22/h1-9,11-14,16-17,19-20,25,28-29,34H,10,15,18H2,(H,31,33)/b23-19-,32-27-. The van der Waals surface area contributed by atoms with Gasteiger partial charge in [-0.05, 0) is 65.7 Å². The molecule has 0 spiro atoms. The molecule has 34 heavy (non-hydrogen) atoms. The predicted octanol–water partition coefficient (Wildman–Crippen LogP) is 6.68. The number of benzene rings is 3. The number of amides is 1. The van der Waals surface area contributed by atoms with Crippen LogP contribution < -0.4 is 5.32 Å². The van der Waals surface area contributed by atoms with Gasteiger partial charge in [-0.1, -0.05) is 90.1 Å². The van der Waals surface area contributed by atoms with Gasteiger partial charge in [0.15, 0.2) is 0 Å². The van der Waals surface area contributed by atoms with E-state index < -0.39 is 5.92 Å². The molecule has 0 heterocycles. The Labute approximate surface area is 200 Å². The maximum Gasteiger partial charge on any atom is 0.234 e.